The number of carbonyl (C=O) groups excluding carboxylic acids is 2. The first-order valence-corrected chi connectivity index (χ1v) is 7.96. The number of fused-ring (bicyclic) bond motifs is 1. The fourth-order valence-corrected chi connectivity index (χ4v) is 3.06. The Kier molecular flexibility index (Phi) is 4.06. The number of hydrogen-bond donors (Lipinski definition) is 2. The molecule has 0 unspecified atom stereocenters. The molecule has 0 spiro atoms. The van der Waals surface area contributed by atoms with Gasteiger partial charge in [0, 0.05) is 35.1 Å². The first kappa shape index (κ1) is 14.5. The van der Waals surface area contributed by atoms with Crippen LogP contribution in [0.3, 0.4) is 0 Å². The SMILES string of the molecule is Cc1cc2cc(NC(=O)CCC(=O)c3cccs3)ccc2[nH]1. The third-order valence-electron chi connectivity index (χ3n) is 3.41. The number of Topliss-reactive ketones (excluding diaryl/α,β-unsaturated/α-hetero) is 1. The van der Waals surface area contributed by atoms with E-state index in [4.69, 9.17) is 0 Å². The Morgan fingerprint density at radius 2 is 2.05 bits per heavy atom. The van der Waals surface area contributed by atoms with E-state index in [-0.39, 0.29) is 24.5 Å². The van der Waals surface area contributed by atoms with Crippen LogP contribution < -0.4 is 5.32 Å². The number of anilines is 1. The Morgan fingerprint density at radius 1 is 1.18 bits per heavy atom. The normalized spacial score (nSPS) is 10.8. The van der Waals surface area contributed by atoms with E-state index in [1.807, 2.05) is 42.6 Å². The van der Waals surface area contributed by atoms with Crippen LogP contribution in [0.5, 0.6) is 0 Å². The maximum atomic E-state index is 12.0. The van der Waals surface area contributed by atoms with Gasteiger partial charge in [0.1, 0.15) is 0 Å². The summed E-state index contributed by atoms with van der Waals surface area (Å²) in [6.07, 6.45) is 0.429. The molecule has 0 aliphatic heterocycles. The zero-order valence-electron chi connectivity index (χ0n) is 12.2. The van der Waals surface area contributed by atoms with Crippen LogP contribution in [0, 0.1) is 6.92 Å². The number of aromatic nitrogens is 1. The fraction of sp³-hybridized carbons (Fsp3) is 0.176. The minimum Gasteiger partial charge on any atom is -0.359 e. The average Bonchev–Trinajstić information content (AvgIpc) is 3.12. The molecule has 3 aromatic rings. The summed E-state index contributed by atoms with van der Waals surface area (Å²) in [6.45, 7) is 1.99. The van der Waals surface area contributed by atoms with Gasteiger partial charge in [-0.1, -0.05) is 6.07 Å². The van der Waals surface area contributed by atoms with E-state index < -0.39 is 0 Å². The summed E-state index contributed by atoms with van der Waals surface area (Å²) >= 11 is 1.41. The van der Waals surface area contributed by atoms with Gasteiger partial charge in [0.05, 0.1) is 4.88 Å². The van der Waals surface area contributed by atoms with Crippen LogP contribution in [-0.4, -0.2) is 16.7 Å². The fourth-order valence-electron chi connectivity index (χ4n) is 2.37. The molecule has 0 aliphatic carbocycles. The summed E-state index contributed by atoms with van der Waals surface area (Å²) in [7, 11) is 0. The molecule has 112 valence electrons. The second-order valence-corrected chi connectivity index (χ2v) is 6.15. The van der Waals surface area contributed by atoms with Gasteiger partial charge in [0.15, 0.2) is 5.78 Å². The molecule has 22 heavy (non-hydrogen) atoms. The van der Waals surface area contributed by atoms with Crippen LogP contribution in [-0.2, 0) is 4.79 Å². The highest BCUT2D eigenvalue weighted by Crippen LogP contribution is 2.20. The van der Waals surface area contributed by atoms with Crippen molar-refractivity contribution in [3.63, 3.8) is 0 Å². The predicted octanol–water partition coefficient (Wildman–Crippen LogP) is 4.14. The van der Waals surface area contributed by atoms with E-state index in [9.17, 15) is 9.59 Å². The quantitative estimate of drug-likeness (QED) is 0.696. The highest BCUT2D eigenvalue weighted by molar-refractivity contribution is 7.12. The number of aromatic amines is 1. The second-order valence-electron chi connectivity index (χ2n) is 5.20. The molecule has 5 heteroatoms. The molecule has 0 fully saturated rings. The standard InChI is InChI=1S/C17H16N2O2S/c1-11-9-12-10-13(4-5-14(12)18-11)19-17(21)7-6-15(20)16-3-2-8-22-16/h2-5,8-10,18H,6-7H2,1H3,(H,19,21). The third kappa shape index (κ3) is 3.26. The largest absolute Gasteiger partial charge is 0.359 e. The van der Waals surface area contributed by atoms with E-state index in [0.717, 1.165) is 22.3 Å². The van der Waals surface area contributed by atoms with E-state index in [2.05, 4.69) is 10.3 Å². The van der Waals surface area contributed by atoms with Gasteiger partial charge in [-0.2, -0.15) is 0 Å². The van der Waals surface area contributed by atoms with Gasteiger partial charge in [0.2, 0.25) is 5.91 Å². The Bertz CT molecular complexity index is 818. The molecular formula is C17H16N2O2S. The first-order valence-electron chi connectivity index (χ1n) is 7.08. The van der Waals surface area contributed by atoms with Gasteiger partial charge < -0.3 is 10.3 Å². The number of nitrogens with one attached hydrogen (secondary N) is 2. The number of hydrogen-bond acceptors (Lipinski definition) is 3. The Hall–Kier alpha value is -2.40. The van der Waals surface area contributed by atoms with Crippen molar-refractivity contribution >= 4 is 39.6 Å². The van der Waals surface area contributed by atoms with E-state index in [1.54, 1.807) is 6.07 Å². The molecule has 0 bridgehead atoms. The zero-order valence-corrected chi connectivity index (χ0v) is 13.0. The summed E-state index contributed by atoms with van der Waals surface area (Å²) in [6, 6.07) is 11.4. The number of ketones is 1. The molecule has 0 saturated heterocycles. The Balaban J connectivity index is 1.59. The van der Waals surface area contributed by atoms with Crippen molar-refractivity contribution in [3.05, 3.63) is 52.3 Å². The highest BCUT2D eigenvalue weighted by Gasteiger charge is 2.10. The van der Waals surface area contributed by atoms with Crippen molar-refractivity contribution in [2.75, 3.05) is 5.32 Å². The van der Waals surface area contributed by atoms with Gasteiger partial charge in [-0.15, -0.1) is 11.3 Å². The molecule has 2 N–H and O–H groups in total. The number of thiophene rings is 1. The van der Waals surface area contributed by atoms with Gasteiger partial charge in [-0.25, -0.2) is 0 Å². The zero-order chi connectivity index (χ0) is 15.5. The summed E-state index contributed by atoms with van der Waals surface area (Å²) in [5.41, 5.74) is 2.88. The molecule has 1 aromatic carbocycles. The average molecular weight is 312 g/mol. The van der Waals surface area contributed by atoms with Crippen LogP contribution in [0.1, 0.15) is 28.2 Å². The summed E-state index contributed by atoms with van der Waals surface area (Å²) < 4.78 is 0. The van der Waals surface area contributed by atoms with Crippen LogP contribution >= 0.6 is 11.3 Å². The monoisotopic (exact) mass is 312 g/mol. The maximum Gasteiger partial charge on any atom is 0.224 e. The summed E-state index contributed by atoms with van der Waals surface area (Å²) in [5, 5.41) is 5.76. The summed E-state index contributed by atoms with van der Waals surface area (Å²) in [4.78, 5) is 27.8. The molecule has 4 nitrogen and oxygen atoms in total. The molecule has 0 aliphatic rings. The van der Waals surface area contributed by atoms with E-state index in [0.29, 0.717) is 4.88 Å². The molecule has 1 amide bonds. The molecule has 0 atom stereocenters. The van der Waals surface area contributed by atoms with E-state index in [1.165, 1.54) is 11.3 Å². The van der Waals surface area contributed by atoms with E-state index >= 15 is 0 Å². The predicted molar refractivity (Wildman–Crippen MR) is 89.5 cm³/mol. The minimum atomic E-state index is -0.142. The van der Waals surface area contributed by atoms with Crippen molar-refractivity contribution in [2.24, 2.45) is 0 Å². The maximum absolute atomic E-state index is 12.0. The van der Waals surface area contributed by atoms with Gasteiger partial charge in [-0.05, 0) is 42.6 Å². The number of aryl methyl sites for hydroxylation is 1. The van der Waals surface area contributed by atoms with Crippen molar-refractivity contribution in [3.8, 4) is 0 Å². The van der Waals surface area contributed by atoms with Gasteiger partial charge >= 0.3 is 0 Å². The molecule has 2 heterocycles. The van der Waals surface area contributed by atoms with Crippen molar-refractivity contribution < 1.29 is 9.59 Å². The summed E-state index contributed by atoms with van der Waals surface area (Å²) in [5.74, 6) is -0.127. The van der Waals surface area contributed by atoms with Gasteiger partial charge in [-0.3, -0.25) is 9.59 Å². The first-order chi connectivity index (χ1) is 10.6. The molecule has 2 aromatic heterocycles. The van der Waals surface area contributed by atoms with Crippen LogP contribution in [0.15, 0.2) is 41.8 Å². The van der Waals surface area contributed by atoms with Crippen molar-refractivity contribution in [2.45, 2.75) is 19.8 Å². The lowest BCUT2D eigenvalue weighted by Gasteiger charge is -2.05. The lowest BCUT2D eigenvalue weighted by molar-refractivity contribution is -0.116. The third-order valence-corrected chi connectivity index (χ3v) is 4.33. The second kappa shape index (κ2) is 6.15. The molecule has 3 rings (SSSR count). The van der Waals surface area contributed by atoms with Crippen molar-refractivity contribution in [1.82, 2.24) is 4.98 Å². The van der Waals surface area contributed by atoms with Crippen LogP contribution in [0.2, 0.25) is 0 Å². The number of benzene rings is 1. The number of carbonyl (C=O) groups is 2. The van der Waals surface area contributed by atoms with Crippen LogP contribution in [0.4, 0.5) is 5.69 Å². The number of amides is 1. The molecule has 0 radical (unpaired) electrons. The lowest BCUT2D eigenvalue weighted by atomic mass is 10.2. The smallest absolute Gasteiger partial charge is 0.224 e. The number of rotatable bonds is 5. The number of H-pyrrole nitrogens is 1. The van der Waals surface area contributed by atoms with Gasteiger partial charge in [0.25, 0.3) is 0 Å². The Morgan fingerprint density at radius 3 is 2.82 bits per heavy atom. The molecular weight excluding hydrogens is 296 g/mol. The highest BCUT2D eigenvalue weighted by atomic mass is 32.1. The van der Waals surface area contributed by atoms with Crippen molar-refractivity contribution in [1.29, 1.82) is 0 Å². The topological polar surface area (TPSA) is 62.0 Å². The lowest BCUT2D eigenvalue weighted by Crippen LogP contribution is -2.13. The Labute approximate surface area is 132 Å². The van der Waals surface area contributed by atoms with Crippen LogP contribution in [0.25, 0.3) is 10.9 Å². The molecule has 0 saturated carbocycles. The minimum absolute atomic E-state index is 0.0156.